The molecule has 0 radical (unpaired) electrons. The summed E-state index contributed by atoms with van der Waals surface area (Å²) in [6.45, 7) is 1.51. The van der Waals surface area contributed by atoms with Crippen LogP contribution in [0.25, 0.3) is 0 Å². The van der Waals surface area contributed by atoms with Crippen molar-refractivity contribution < 1.29 is 19.3 Å². The molecule has 0 spiro atoms. The van der Waals surface area contributed by atoms with Crippen molar-refractivity contribution in [1.82, 2.24) is 4.90 Å². The van der Waals surface area contributed by atoms with E-state index in [0.717, 1.165) is 36.9 Å². The summed E-state index contributed by atoms with van der Waals surface area (Å²) in [5.74, 6) is 2.80. The molecule has 0 amide bonds. The first-order chi connectivity index (χ1) is 14.0. The highest BCUT2D eigenvalue weighted by Crippen LogP contribution is 2.38. The maximum absolute atomic E-state index is 9.46. The molecule has 3 rings (SSSR count). The van der Waals surface area contributed by atoms with Crippen LogP contribution >= 0.6 is 0 Å². The number of nitrogens with two attached hydrogens (primary N) is 1. The second-order valence-corrected chi connectivity index (χ2v) is 7.05. The van der Waals surface area contributed by atoms with Crippen molar-refractivity contribution in [3.63, 3.8) is 0 Å². The molecule has 1 aliphatic rings. The smallest absolute Gasteiger partial charge is 0.203 e. The van der Waals surface area contributed by atoms with Crippen molar-refractivity contribution >= 4 is 5.96 Å². The van der Waals surface area contributed by atoms with Crippen LogP contribution in [0.1, 0.15) is 17.5 Å². The Bertz CT molecular complexity index is 827. The number of aryl methyl sites for hydroxylation is 1. The van der Waals surface area contributed by atoms with E-state index in [1.807, 2.05) is 24.3 Å². The summed E-state index contributed by atoms with van der Waals surface area (Å²) < 4.78 is 16.3. The van der Waals surface area contributed by atoms with Crippen molar-refractivity contribution in [2.75, 3.05) is 34.4 Å². The zero-order chi connectivity index (χ0) is 20.8. The normalized spacial score (nSPS) is 15.9. The summed E-state index contributed by atoms with van der Waals surface area (Å²) >= 11 is 0. The second kappa shape index (κ2) is 9.41. The van der Waals surface area contributed by atoms with Crippen molar-refractivity contribution in [3.8, 4) is 23.0 Å². The van der Waals surface area contributed by atoms with Gasteiger partial charge in [-0.05, 0) is 54.7 Å². The van der Waals surface area contributed by atoms with Crippen molar-refractivity contribution in [3.05, 3.63) is 47.5 Å². The number of rotatable bonds is 9. The van der Waals surface area contributed by atoms with Crippen LogP contribution in [0.4, 0.5) is 0 Å². The minimum Gasteiger partial charge on any atom is -0.508 e. The first kappa shape index (κ1) is 20.6. The number of aliphatic imine (C=N–C) groups is 1. The third-order valence-electron chi connectivity index (χ3n) is 5.20. The van der Waals surface area contributed by atoms with Gasteiger partial charge in [0.2, 0.25) is 5.75 Å². The number of phenols is 1. The molecule has 7 heteroatoms. The van der Waals surface area contributed by atoms with E-state index < -0.39 is 0 Å². The van der Waals surface area contributed by atoms with Crippen LogP contribution in [0.5, 0.6) is 23.0 Å². The van der Waals surface area contributed by atoms with Gasteiger partial charge >= 0.3 is 0 Å². The average molecular weight is 399 g/mol. The van der Waals surface area contributed by atoms with E-state index >= 15 is 0 Å². The van der Waals surface area contributed by atoms with Gasteiger partial charge in [-0.25, -0.2) is 0 Å². The third-order valence-corrected chi connectivity index (χ3v) is 5.20. The summed E-state index contributed by atoms with van der Waals surface area (Å²) in [5, 5.41) is 9.46. The number of benzene rings is 2. The van der Waals surface area contributed by atoms with E-state index in [1.165, 1.54) is 0 Å². The zero-order valence-electron chi connectivity index (χ0n) is 17.2. The highest BCUT2D eigenvalue weighted by molar-refractivity contribution is 5.80. The van der Waals surface area contributed by atoms with E-state index in [9.17, 15) is 5.11 Å². The Labute approximate surface area is 171 Å². The van der Waals surface area contributed by atoms with Gasteiger partial charge in [-0.1, -0.05) is 12.1 Å². The molecule has 0 saturated carbocycles. The van der Waals surface area contributed by atoms with Crippen molar-refractivity contribution in [2.45, 2.75) is 25.3 Å². The van der Waals surface area contributed by atoms with Crippen LogP contribution in [0.3, 0.4) is 0 Å². The predicted molar refractivity (Wildman–Crippen MR) is 113 cm³/mol. The molecule has 7 nitrogen and oxygen atoms in total. The number of guanidine groups is 1. The summed E-state index contributed by atoms with van der Waals surface area (Å²) in [6, 6.07) is 11.5. The quantitative estimate of drug-likeness (QED) is 0.674. The minimum absolute atomic E-state index is 0.236. The third kappa shape index (κ3) is 4.85. The summed E-state index contributed by atoms with van der Waals surface area (Å²) in [7, 11) is 4.84. The number of aromatic hydroxyl groups is 1. The molecule has 156 valence electrons. The molecule has 0 aromatic heterocycles. The highest BCUT2D eigenvalue weighted by atomic mass is 16.5. The maximum atomic E-state index is 9.46. The number of nitrogens with zero attached hydrogens (tertiary/aromatic N) is 2. The Morgan fingerprint density at radius 3 is 2.28 bits per heavy atom. The van der Waals surface area contributed by atoms with E-state index in [1.54, 1.807) is 33.5 Å². The lowest BCUT2D eigenvalue weighted by atomic mass is 10.0. The fourth-order valence-corrected chi connectivity index (χ4v) is 3.68. The van der Waals surface area contributed by atoms with Gasteiger partial charge in [-0.3, -0.25) is 4.99 Å². The Morgan fingerprint density at radius 1 is 1.03 bits per heavy atom. The fourth-order valence-electron chi connectivity index (χ4n) is 3.68. The molecular formula is C22H29N3O4. The molecule has 29 heavy (non-hydrogen) atoms. The van der Waals surface area contributed by atoms with Gasteiger partial charge in [0.05, 0.1) is 33.9 Å². The van der Waals surface area contributed by atoms with Gasteiger partial charge in [0.1, 0.15) is 5.75 Å². The van der Waals surface area contributed by atoms with Crippen LogP contribution < -0.4 is 19.9 Å². The van der Waals surface area contributed by atoms with Crippen LogP contribution in [-0.2, 0) is 12.8 Å². The summed E-state index contributed by atoms with van der Waals surface area (Å²) in [6.07, 6.45) is 2.61. The van der Waals surface area contributed by atoms with Crippen LogP contribution in [0, 0.1) is 0 Å². The number of ether oxygens (including phenoxy) is 3. The predicted octanol–water partition coefficient (Wildman–Crippen LogP) is 2.59. The second-order valence-electron chi connectivity index (χ2n) is 7.05. The SMILES string of the molecule is COc1cc(CCCN2C(N)=NC[C@@H]2Cc2ccc(O)cc2)cc(OC)c1OC. The van der Waals surface area contributed by atoms with Gasteiger partial charge in [0, 0.05) is 6.54 Å². The van der Waals surface area contributed by atoms with Crippen molar-refractivity contribution in [2.24, 2.45) is 10.7 Å². The van der Waals surface area contributed by atoms with Gasteiger partial charge in [-0.2, -0.15) is 0 Å². The standard InChI is InChI=1S/C22H29N3O4/c1-27-19-12-16(13-20(28-2)21(19)29-3)5-4-10-25-17(14-24-22(25)23)11-15-6-8-18(26)9-7-15/h6-9,12-13,17,26H,4-5,10-11,14H2,1-3H3,(H2,23,24)/t17-/m0/s1. The molecule has 0 saturated heterocycles. The highest BCUT2D eigenvalue weighted by Gasteiger charge is 2.25. The lowest BCUT2D eigenvalue weighted by molar-refractivity contribution is 0.322. The van der Waals surface area contributed by atoms with E-state index in [4.69, 9.17) is 19.9 Å². The number of hydrogen-bond donors (Lipinski definition) is 2. The molecular weight excluding hydrogens is 370 g/mol. The van der Waals surface area contributed by atoms with E-state index in [-0.39, 0.29) is 11.8 Å². The summed E-state index contributed by atoms with van der Waals surface area (Å²) in [4.78, 5) is 6.60. The van der Waals surface area contributed by atoms with Gasteiger partial charge in [0.25, 0.3) is 0 Å². The maximum Gasteiger partial charge on any atom is 0.203 e. The Kier molecular flexibility index (Phi) is 6.69. The molecule has 2 aromatic rings. The summed E-state index contributed by atoms with van der Waals surface area (Å²) in [5.41, 5.74) is 8.41. The Hall–Kier alpha value is -3.09. The van der Waals surface area contributed by atoms with Gasteiger partial charge < -0.3 is 30.0 Å². The van der Waals surface area contributed by atoms with Crippen LogP contribution in [0.2, 0.25) is 0 Å². The molecule has 0 bridgehead atoms. The average Bonchev–Trinajstić information content (AvgIpc) is 3.08. The van der Waals surface area contributed by atoms with Crippen LogP contribution in [0.15, 0.2) is 41.4 Å². The molecule has 3 N–H and O–H groups in total. The van der Waals surface area contributed by atoms with Gasteiger partial charge in [-0.15, -0.1) is 0 Å². The first-order valence-electron chi connectivity index (χ1n) is 9.69. The minimum atomic E-state index is 0.236. The largest absolute Gasteiger partial charge is 0.508 e. The molecule has 0 unspecified atom stereocenters. The molecule has 0 aliphatic carbocycles. The number of phenolic OH excluding ortho intramolecular Hbond substituents is 1. The number of methoxy groups -OCH3 is 3. The lowest BCUT2D eigenvalue weighted by Gasteiger charge is -2.26. The topological polar surface area (TPSA) is 89.5 Å². The van der Waals surface area contributed by atoms with Crippen LogP contribution in [-0.4, -0.2) is 56.4 Å². The molecule has 0 fully saturated rings. The molecule has 1 heterocycles. The van der Waals surface area contributed by atoms with E-state index in [0.29, 0.717) is 29.8 Å². The monoisotopic (exact) mass is 399 g/mol. The molecule has 1 atom stereocenters. The van der Waals surface area contributed by atoms with Gasteiger partial charge in [0.15, 0.2) is 17.5 Å². The Balaban J connectivity index is 1.62. The molecule has 2 aromatic carbocycles. The van der Waals surface area contributed by atoms with Crippen molar-refractivity contribution in [1.29, 1.82) is 0 Å². The zero-order valence-corrected chi connectivity index (χ0v) is 17.2. The fraction of sp³-hybridized carbons (Fsp3) is 0.409. The lowest BCUT2D eigenvalue weighted by Crippen LogP contribution is -2.42. The van der Waals surface area contributed by atoms with E-state index in [2.05, 4.69) is 9.89 Å². The molecule has 1 aliphatic heterocycles. The Morgan fingerprint density at radius 2 is 1.69 bits per heavy atom. The number of hydrogen-bond acceptors (Lipinski definition) is 7. The first-order valence-corrected chi connectivity index (χ1v) is 9.69.